The molecule has 0 saturated heterocycles. The second-order valence-electron chi connectivity index (χ2n) is 5.99. The Bertz CT molecular complexity index is 355. The molecule has 0 unspecified atom stereocenters. The molecule has 2 aliphatic rings. The van der Waals surface area contributed by atoms with E-state index in [1.165, 1.54) is 0 Å². The lowest BCUT2D eigenvalue weighted by atomic mass is 9.50. The van der Waals surface area contributed by atoms with Gasteiger partial charge in [0.2, 0.25) is 6.08 Å². The van der Waals surface area contributed by atoms with Gasteiger partial charge >= 0.3 is 0 Å². The van der Waals surface area contributed by atoms with Crippen LogP contribution in [0, 0.1) is 17.3 Å². The van der Waals surface area contributed by atoms with E-state index < -0.39 is 0 Å². The summed E-state index contributed by atoms with van der Waals surface area (Å²) in [5.41, 5.74) is -0.252. The molecule has 3 atom stereocenters. The van der Waals surface area contributed by atoms with Crippen molar-refractivity contribution in [3.05, 3.63) is 0 Å². The van der Waals surface area contributed by atoms with E-state index in [0.29, 0.717) is 12.2 Å². The van der Waals surface area contributed by atoms with Gasteiger partial charge in [-0.2, -0.15) is 4.99 Å². The highest BCUT2D eigenvalue weighted by atomic mass is 16.1. The maximum absolute atomic E-state index is 11.8. The molecule has 0 N–H and O–H groups in total. The van der Waals surface area contributed by atoms with Gasteiger partial charge in [-0.3, -0.25) is 4.79 Å². The molecule has 0 amide bonds. The van der Waals surface area contributed by atoms with Gasteiger partial charge in [-0.15, -0.1) is 0 Å². The first kappa shape index (κ1) is 10.6. The number of hydrogen-bond donors (Lipinski definition) is 0. The Labute approximate surface area is 90.0 Å². The molecule has 3 heteroatoms. The average molecular weight is 207 g/mol. The Morgan fingerprint density at radius 2 is 2.00 bits per heavy atom. The summed E-state index contributed by atoms with van der Waals surface area (Å²) in [6, 6.07) is 0. The number of fused-ring (bicyclic) bond motifs is 1. The lowest BCUT2D eigenvalue weighted by Crippen LogP contribution is -2.58. The summed E-state index contributed by atoms with van der Waals surface area (Å²) in [7, 11) is 0. The van der Waals surface area contributed by atoms with E-state index in [1.54, 1.807) is 6.08 Å². The molecule has 0 bridgehead atoms. The number of Topliss-reactive ketones (excluding diaryl/α,β-unsaturated/α-hetero) is 1. The standard InChI is InChI=1S/C12H17NO2/c1-11(2)5-9-8(10(15)6-11)4-12(9,3)13-7-14/h8-9H,4-6H2,1-3H3/t8-,9-,12-/m1/s1. The normalized spacial score (nSPS) is 42.5. The SMILES string of the molecule is CC1(C)CC(=O)[C@@H]2C[C@@](C)(N=C=O)[C@@H]2C1. The molecule has 2 rings (SSSR count). The molecule has 2 saturated carbocycles. The highest BCUT2D eigenvalue weighted by molar-refractivity contribution is 5.84. The summed E-state index contributed by atoms with van der Waals surface area (Å²) >= 11 is 0. The lowest BCUT2D eigenvalue weighted by Gasteiger charge is -2.55. The third-order valence-corrected chi connectivity index (χ3v) is 4.06. The number of nitrogens with zero attached hydrogens (tertiary/aromatic N) is 1. The van der Waals surface area contributed by atoms with Gasteiger partial charge in [-0.1, -0.05) is 13.8 Å². The molecule has 0 aromatic heterocycles. The minimum Gasteiger partial charge on any atom is -0.299 e. The van der Waals surface area contributed by atoms with Crippen LogP contribution in [0.5, 0.6) is 0 Å². The maximum Gasteiger partial charge on any atom is 0.235 e. The number of carbonyl (C=O) groups is 1. The average Bonchev–Trinajstić information content (AvgIpc) is 2.09. The van der Waals surface area contributed by atoms with Gasteiger partial charge in [0, 0.05) is 12.3 Å². The van der Waals surface area contributed by atoms with Crippen LogP contribution < -0.4 is 0 Å². The minimum absolute atomic E-state index is 0.0678. The maximum atomic E-state index is 11.8. The largest absolute Gasteiger partial charge is 0.299 e. The first-order chi connectivity index (χ1) is 6.88. The lowest BCUT2D eigenvalue weighted by molar-refractivity contribution is -0.142. The van der Waals surface area contributed by atoms with E-state index in [0.717, 1.165) is 12.8 Å². The first-order valence-electron chi connectivity index (χ1n) is 5.50. The molecule has 2 aliphatic carbocycles. The molecule has 0 heterocycles. The Morgan fingerprint density at radius 1 is 1.33 bits per heavy atom. The summed E-state index contributed by atoms with van der Waals surface area (Å²) < 4.78 is 0. The van der Waals surface area contributed by atoms with E-state index in [1.807, 2.05) is 6.92 Å². The van der Waals surface area contributed by atoms with Crippen molar-refractivity contribution < 1.29 is 9.59 Å². The van der Waals surface area contributed by atoms with Gasteiger partial charge < -0.3 is 0 Å². The predicted octanol–water partition coefficient (Wildman–Crippen LogP) is 2.11. The fraction of sp³-hybridized carbons (Fsp3) is 0.833. The number of isocyanates is 1. The van der Waals surface area contributed by atoms with Crippen LogP contribution in [0.2, 0.25) is 0 Å². The summed E-state index contributed by atoms with van der Waals surface area (Å²) in [6.07, 6.45) is 4.05. The molecule has 0 aromatic carbocycles. The van der Waals surface area contributed by atoms with E-state index >= 15 is 0 Å². The van der Waals surface area contributed by atoms with Crippen LogP contribution in [0.4, 0.5) is 0 Å². The van der Waals surface area contributed by atoms with Crippen molar-refractivity contribution in [3.63, 3.8) is 0 Å². The number of aliphatic imine (C=N–C) groups is 1. The molecule has 15 heavy (non-hydrogen) atoms. The zero-order valence-corrected chi connectivity index (χ0v) is 9.54. The third kappa shape index (κ3) is 1.55. The van der Waals surface area contributed by atoms with Gasteiger partial charge in [-0.05, 0) is 31.1 Å². The summed E-state index contributed by atoms with van der Waals surface area (Å²) in [5.74, 6) is 0.769. The fourth-order valence-electron chi connectivity index (χ4n) is 3.22. The van der Waals surface area contributed by atoms with Gasteiger partial charge in [0.1, 0.15) is 5.78 Å². The van der Waals surface area contributed by atoms with Crippen molar-refractivity contribution in [1.82, 2.24) is 0 Å². The van der Waals surface area contributed by atoms with Gasteiger partial charge in [0.05, 0.1) is 5.54 Å². The number of hydrogen-bond acceptors (Lipinski definition) is 3. The highest BCUT2D eigenvalue weighted by Crippen LogP contribution is 2.56. The number of carbonyl (C=O) groups excluding carboxylic acids is 2. The molecule has 82 valence electrons. The van der Waals surface area contributed by atoms with Gasteiger partial charge in [0.25, 0.3) is 0 Å². The molecule has 0 aromatic rings. The van der Waals surface area contributed by atoms with Crippen LogP contribution in [0.25, 0.3) is 0 Å². The molecule has 3 nitrogen and oxygen atoms in total. The molecular formula is C12H17NO2. The van der Waals surface area contributed by atoms with Crippen LogP contribution in [0.15, 0.2) is 4.99 Å². The van der Waals surface area contributed by atoms with E-state index in [2.05, 4.69) is 18.8 Å². The predicted molar refractivity (Wildman–Crippen MR) is 56.1 cm³/mol. The molecule has 0 aliphatic heterocycles. The van der Waals surface area contributed by atoms with Gasteiger partial charge in [0.15, 0.2) is 0 Å². The highest BCUT2D eigenvalue weighted by Gasteiger charge is 2.58. The smallest absolute Gasteiger partial charge is 0.235 e. The van der Waals surface area contributed by atoms with Crippen molar-refractivity contribution in [1.29, 1.82) is 0 Å². The molecule has 0 spiro atoms. The summed E-state index contributed by atoms with van der Waals surface area (Å²) in [4.78, 5) is 26.1. The zero-order chi connectivity index (χ0) is 11.3. The van der Waals surface area contributed by atoms with Crippen LogP contribution in [-0.4, -0.2) is 17.4 Å². The topological polar surface area (TPSA) is 46.5 Å². The van der Waals surface area contributed by atoms with Crippen molar-refractivity contribution in [2.75, 3.05) is 0 Å². The molecule has 2 fully saturated rings. The second-order valence-corrected chi connectivity index (χ2v) is 5.99. The van der Waals surface area contributed by atoms with Crippen LogP contribution in [-0.2, 0) is 9.59 Å². The van der Waals surface area contributed by atoms with E-state index in [9.17, 15) is 9.59 Å². The van der Waals surface area contributed by atoms with Crippen LogP contribution >= 0.6 is 0 Å². The quantitative estimate of drug-likeness (QED) is 0.488. The van der Waals surface area contributed by atoms with Crippen LogP contribution in [0.1, 0.15) is 40.0 Å². The zero-order valence-electron chi connectivity index (χ0n) is 9.54. The second kappa shape index (κ2) is 3.02. The monoisotopic (exact) mass is 207 g/mol. The van der Waals surface area contributed by atoms with Gasteiger partial charge in [-0.25, -0.2) is 4.79 Å². The number of ketones is 1. The van der Waals surface area contributed by atoms with E-state index in [4.69, 9.17) is 0 Å². The van der Waals surface area contributed by atoms with Crippen molar-refractivity contribution in [2.45, 2.75) is 45.6 Å². The Hall–Kier alpha value is -0.950. The van der Waals surface area contributed by atoms with Crippen molar-refractivity contribution in [2.24, 2.45) is 22.2 Å². The van der Waals surface area contributed by atoms with E-state index in [-0.39, 0.29) is 22.8 Å². The van der Waals surface area contributed by atoms with Crippen molar-refractivity contribution in [3.8, 4) is 0 Å². The van der Waals surface area contributed by atoms with Crippen LogP contribution in [0.3, 0.4) is 0 Å². The first-order valence-corrected chi connectivity index (χ1v) is 5.50. The number of rotatable bonds is 1. The summed E-state index contributed by atoms with van der Waals surface area (Å²) in [5, 5.41) is 0. The Balaban J connectivity index is 2.23. The Kier molecular flexibility index (Phi) is 2.13. The Morgan fingerprint density at radius 3 is 2.60 bits per heavy atom. The third-order valence-electron chi connectivity index (χ3n) is 4.06. The minimum atomic E-state index is -0.320. The molecular weight excluding hydrogens is 190 g/mol. The molecule has 0 radical (unpaired) electrons. The van der Waals surface area contributed by atoms with Crippen molar-refractivity contribution >= 4 is 11.9 Å². The fourth-order valence-corrected chi connectivity index (χ4v) is 3.22. The summed E-state index contributed by atoms with van der Waals surface area (Å²) in [6.45, 7) is 6.20.